The molecule has 2 aromatic carbocycles. The summed E-state index contributed by atoms with van der Waals surface area (Å²) in [4.78, 5) is 26.2. The molecule has 1 fully saturated rings. The molecule has 1 saturated heterocycles. The first-order valence-corrected chi connectivity index (χ1v) is 9.91. The number of rotatable bonds is 6. The zero-order chi connectivity index (χ0) is 20.3. The minimum atomic E-state index is -0.426. The maximum atomic E-state index is 12.7. The standard InChI is InChI=1S/C21H21IN2O4/c1-4-28-19-16(22)9-15(11-18(19)27-3)10-17-20(25)24(21(26)23-17)12-14-7-5-13(2)6-8-14/h5-11H,4,12H2,1-3H3,(H,23,26)/b17-10-. The number of halogens is 1. The van der Waals surface area contributed by atoms with Crippen molar-refractivity contribution in [3.05, 3.63) is 62.4 Å². The SMILES string of the molecule is CCOc1c(I)cc(/C=C2\NC(=O)N(Cc3ccc(C)cc3)C2=O)cc1OC. The Morgan fingerprint density at radius 3 is 2.54 bits per heavy atom. The van der Waals surface area contributed by atoms with E-state index in [1.165, 1.54) is 4.90 Å². The van der Waals surface area contributed by atoms with Gasteiger partial charge in [-0.3, -0.25) is 9.69 Å². The molecule has 0 spiro atoms. The monoisotopic (exact) mass is 492 g/mol. The van der Waals surface area contributed by atoms with Crippen molar-refractivity contribution in [2.24, 2.45) is 0 Å². The summed E-state index contributed by atoms with van der Waals surface area (Å²) in [5.74, 6) is 0.887. The summed E-state index contributed by atoms with van der Waals surface area (Å²) in [5, 5.41) is 2.65. The molecule has 2 aromatic rings. The highest BCUT2D eigenvalue weighted by atomic mass is 127. The number of ether oxygens (including phenoxy) is 2. The fraction of sp³-hybridized carbons (Fsp3) is 0.238. The van der Waals surface area contributed by atoms with Crippen molar-refractivity contribution in [1.82, 2.24) is 10.2 Å². The number of imide groups is 1. The average Bonchev–Trinajstić information content (AvgIpc) is 2.92. The first-order valence-electron chi connectivity index (χ1n) is 8.83. The number of hydrogen-bond acceptors (Lipinski definition) is 4. The highest BCUT2D eigenvalue weighted by Crippen LogP contribution is 2.34. The smallest absolute Gasteiger partial charge is 0.329 e. The van der Waals surface area contributed by atoms with Crippen molar-refractivity contribution in [2.75, 3.05) is 13.7 Å². The lowest BCUT2D eigenvalue weighted by atomic mass is 10.1. The van der Waals surface area contributed by atoms with Gasteiger partial charge in [-0.1, -0.05) is 29.8 Å². The molecule has 3 amide bonds. The first kappa shape index (κ1) is 20.2. The lowest BCUT2D eigenvalue weighted by Crippen LogP contribution is -2.30. The second kappa shape index (κ2) is 8.64. The lowest BCUT2D eigenvalue weighted by Gasteiger charge is -2.12. The van der Waals surface area contributed by atoms with Gasteiger partial charge >= 0.3 is 6.03 Å². The minimum Gasteiger partial charge on any atom is -0.493 e. The summed E-state index contributed by atoms with van der Waals surface area (Å²) in [5.41, 5.74) is 3.00. The van der Waals surface area contributed by atoms with Crippen molar-refractivity contribution in [3.8, 4) is 11.5 Å². The van der Waals surface area contributed by atoms with Gasteiger partial charge in [0.2, 0.25) is 0 Å². The number of benzene rings is 2. The third-order valence-corrected chi connectivity index (χ3v) is 5.08. The van der Waals surface area contributed by atoms with E-state index in [4.69, 9.17) is 9.47 Å². The van der Waals surface area contributed by atoms with Crippen molar-refractivity contribution in [1.29, 1.82) is 0 Å². The number of nitrogens with one attached hydrogen (secondary N) is 1. The summed E-state index contributed by atoms with van der Waals surface area (Å²) < 4.78 is 11.9. The molecule has 0 aliphatic carbocycles. The van der Waals surface area contributed by atoms with Crippen LogP contribution >= 0.6 is 22.6 Å². The van der Waals surface area contributed by atoms with Crippen LogP contribution in [0.1, 0.15) is 23.6 Å². The molecule has 1 aliphatic rings. The van der Waals surface area contributed by atoms with Crippen LogP contribution in [-0.2, 0) is 11.3 Å². The summed E-state index contributed by atoms with van der Waals surface area (Å²) >= 11 is 2.16. The van der Waals surface area contributed by atoms with Crippen LogP contribution in [0, 0.1) is 10.5 Å². The van der Waals surface area contributed by atoms with Gasteiger partial charge in [0, 0.05) is 0 Å². The predicted octanol–water partition coefficient (Wildman–Crippen LogP) is 4.10. The average molecular weight is 492 g/mol. The van der Waals surface area contributed by atoms with Crippen LogP contribution < -0.4 is 14.8 Å². The highest BCUT2D eigenvalue weighted by Gasteiger charge is 2.33. The van der Waals surface area contributed by atoms with E-state index in [1.807, 2.05) is 44.2 Å². The largest absolute Gasteiger partial charge is 0.493 e. The van der Waals surface area contributed by atoms with E-state index in [2.05, 4.69) is 27.9 Å². The summed E-state index contributed by atoms with van der Waals surface area (Å²) in [6, 6.07) is 11.0. The van der Waals surface area contributed by atoms with Crippen LogP contribution in [-0.4, -0.2) is 30.6 Å². The molecule has 28 heavy (non-hydrogen) atoms. The van der Waals surface area contributed by atoms with Gasteiger partial charge in [-0.15, -0.1) is 0 Å². The van der Waals surface area contributed by atoms with Gasteiger partial charge in [0.25, 0.3) is 5.91 Å². The maximum absolute atomic E-state index is 12.7. The van der Waals surface area contributed by atoms with Crippen molar-refractivity contribution in [2.45, 2.75) is 20.4 Å². The van der Waals surface area contributed by atoms with E-state index in [9.17, 15) is 9.59 Å². The Kier molecular flexibility index (Phi) is 6.23. The molecule has 0 atom stereocenters. The van der Waals surface area contributed by atoms with E-state index < -0.39 is 6.03 Å². The highest BCUT2D eigenvalue weighted by molar-refractivity contribution is 14.1. The summed E-state index contributed by atoms with van der Waals surface area (Å²) in [6.45, 7) is 4.65. The molecule has 6 nitrogen and oxygen atoms in total. The zero-order valence-electron chi connectivity index (χ0n) is 15.9. The van der Waals surface area contributed by atoms with Crippen LogP contribution in [0.25, 0.3) is 6.08 Å². The number of methoxy groups -OCH3 is 1. The molecule has 1 aliphatic heterocycles. The Morgan fingerprint density at radius 1 is 1.18 bits per heavy atom. The Balaban J connectivity index is 1.85. The van der Waals surface area contributed by atoms with Gasteiger partial charge in [-0.2, -0.15) is 0 Å². The molecule has 0 unspecified atom stereocenters. The second-order valence-electron chi connectivity index (χ2n) is 6.33. The molecule has 0 radical (unpaired) electrons. The molecule has 0 aromatic heterocycles. The third-order valence-electron chi connectivity index (χ3n) is 4.28. The van der Waals surface area contributed by atoms with Gasteiger partial charge in [0.15, 0.2) is 11.5 Å². The minimum absolute atomic E-state index is 0.229. The molecule has 1 N–H and O–H groups in total. The number of carbonyl (C=O) groups is 2. The van der Waals surface area contributed by atoms with Crippen molar-refractivity contribution in [3.63, 3.8) is 0 Å². The quantitative estimate of drug-likeness (QED) is 0.375. The summed E-state index contributed by atoms with van der Waals surface area (Å²) in [6.07, 6.45) is 1.65. The zero-order valence-corrected chi connectivity index (χ0v) is 18.1. The Bertz CT molecular complexity index is 938. The fourth-order valence-corrected chi connectivity index (χ4v) is 3.65. The molecule has 0 bridgehead atoms. The van der Waals surface area contributed by atoms with Crippen LogP contribution in [0.5, 0.6) is 11.5 Å². The van der Waals surface area contributed by atoms with Crippen LogP contribution in [0.4, 0.5) is 4.79 Å². The fourth-order valence-electron chi connectivity index (χ4n) is 2.87. The molecule has 0 saturated carbocycles. The van der Waals surface area contributed by atoms with Crippen LogP contribution in [0.2, 0.25) is 0 Å². The van der Waals surface area contributed by atoms with E-state index in [-0.39, 0.29) is 18.1 Å². The van der Waals surface area contributed by atoms with E-state index in [0.717, 1.165) is 20.3 Å². The van der Waals surface area contributed by atoms with Crippen LogP contribution in [0.3, 0.4) is 0 Å². The second-order valence-corrected chi connectivity index (χ2v) is 7.49. The van der Waals surface area contributed by atoms with Crippen molar-refractivity contribution < 1.29 is 19.1 Å². The molecular formula is C21H21IN2O4. The number of urea groups is 1. The molecule has 1 heterocycles. The van der Waals surface area contributed by atoms with E-state index in [0.29, 0.717) is 18.1 Å². The Labute approximate surface area is 177 Å². The number of carbonyl (C=O) groups excluding carboxylic acids is 2. The third kappa shape index (κ3) is 4.30. The van der Waals surface area contributed by atoms with E-state index in [1.54, 1.807) is 19.3 Å². The maximum Gasteiger partial charge on any atom is 0.329 e. The first-order chi connectivity index (χ1) is 13.4. The van der Waals surface area contributed by atoms with Gasteiger partial charge in [0.05, 0.1) is 23.8 Å². The Hall–Kier alpha value is -2.55. The van der Waals surface area contributed by atoms with Gasteiger partial charge < -0.3 is 14.8 Å². The van der Waals surface area contributed by atoms with Gasteiger partial charge in [0.1, 0.15) is 5.70 Å². The normalized spacial score (nSPS) is 15.1. The molecule has 3 rings (SSSR count). The van der Waals surface area contributed by atoms with Gasteiger partial charge in [-0.25, -0.2) is 4.79 Å². The lowest BCUT2D eigenvalue weighted by molar-refractivity contribution is -0.123. The van der Waals surface area contributed by atoms with Crippen LogP contribution in [0.15, 0.2) is 42.1 Å². The molecular weight excluding hydrogens is 471 g/mol. The number of amides is 3. The molecule has 146 valence electrons. The number of aryl methyl sites for hydroxylation is 1. The van der Waals surface area contributed by atoms with E-state index >= 15 is 0 Å². The predicted molar refractivity (Wildman–Crippen MR) is 115 cm³/mol. The Morgan fingerprint density at radius 2 is 1.89 bits per heavy atom. The number of hydrogen-bond donors (Lipinski definition) is 1. The number of nitrogens with zero attached hydrogens (tertiary/aromatic N) is 1. The summed E-state index contributed by atoms with van der Waals surface area (Å²) in [7, 11) is 1.57. The van der Waals surface area contributed by atoms with Crippen molar-refractivity contribution >= 4 is 40.6 Å². The topological polar surface area (TPSA) is 67.9 Å². The molecule has 7 heteroatoms. The van der Waals surface area contributed by atoms with Gasteiger partial charge in [-0.05, 0) is 65.8 Å².